The van der Waals surface area contributed by atoms with Gasteiger partial charge in [0.25, 0.3) is 0 Å². The van der Waals surface area contributed by atoms with E-state index in [1.807, 2.05) is 18.2 Å². The van der Waals surface area contributed by atoms with E-state index in [1.54, 1.807) is 11.3 Å². The Hall–Kier alpha value is -1.70. The molecule has 1 aromatic carbocycles. The van der Waals surface area contributed by atoms with Crippen LogP contribution in [0.2, 0.25) is 0 Å². The summed E-state index contributed by atoms with van der Waals surface area (Å²) < 4.78 is 13.1. The molecule has 0 bridgehead atoms. The maximum Gasteiger partial charge on any atom is 0.217 e. The van der Waals surface area contributed by atoms with Gasteiger partial charge in [0.05, 0.1) is 29.5 Å². The van der Waals surface area contributed by atoms with Crippen LogP contribution in [0.15, 0.2) is 24.3 Å². The Morgan fingerprint density at radius 3 is 2.61 bits per heavy atom. The normalized spacial score (nSPS) is 25.3. The van der Waals surface area contributed by atoms with Crippen LogP contribution >= 0.6 is 11.3 Å². The Labute approximate surface area is 138 Å². The molecule has 4 rings (SSSR count). The highest BCUT2D eigenvalue weighted by Crippen LogP contribution is 2.32. The molecule has 3 heterocycles. The molecule has 0 spiro atoms. The maximum absolute atomic E-state index is 11.2. The highest BCUT2D eigenvalue weighted by molar-refractivity contribution is 7.22. The van der Waals surface area contributed by atoms with Crippen molar-refractivity contribution in [2.24, 2.45) is 0 Å². The molecule has 7 heteroatoms. The highest BCUT2D eigenvalue weighted by Gasteiger charge is 2.38. The van der Waals surface area contributed by atoms with E-state index in [4.69, 9.17) is 14.5 Å². The lowest BCUT2D eigenvalue weighted by molar-refractivity contribution is -0.120. The summed E-state index contributed by atoms with van der Waals surface area (Å²) in [5, 5.41) is 3.88. The summed E-state index contributed by atoms with van der Waals surface area (Å²) in [6, 6.07) is 8.11. The quantitative estimate of drug-likeness (QED) is 0.900. The van der Waals surface area contributed by atoms with Crippen LogP contribution in [-0.2, 0) is 14.3 Å². The third-order valence-corrected chi connectivity index (χ3v) is 5.30. The second kappa shape index (κ2) is 6.07. The summed E-state index contributed by atoms with van der Waals surface area (Å²) >= 11 is 1.70. The first-order valence-corrected chi connectivity index (χ1v) is 8.61. The van der Waals surface area contributed by atoms with E-state index in [-0.39, 0.29) is 24.2 Å². The molecule has 2 fully saturated rings. The molecule has 23 heavy (non-hydrogen) atoms. The summed E-state index contributed by atoms with van der Waals surface area (Å²) in [6.45, 7) is 4.05. The Kier molecular flexibility index (Phi) is 3.92. The first-order valence-electron chi connectivity index (χ1n) is 7.80. The molecule has 122 valence electrons. The zero-order valence-electron chi connectivity index (χ0n) is 12.9. The number of ether oxygens (including phenoxy) is 2. The van der Waals surface area contributed by atoms with Crippen molar-refractivity contribution in [1.29, 1.82) is 0 Å². The third-order valence-electron chi connectivity index (χ3n) is 4.20. The number of nitrogens with one attached hydrogen (secondary N) is 1. The van der Waals surface area contributed by atoms with Crippen LogP contribution < -0.4 is 10.2 Å². The van der Waals surface area contributed by atoms with E-state index in [2.05, 4.69) is 16.3 Å². The lowest BCUT2D eigenvalue weighted by atomic mass is 10.3. The second-order valence-corrected chi connectivity index (χ2v) is 7.02. The summed E-state index contributed by atoms with van der Waals surface area (Å²) in [5.74, 6) is -0.0506. The fourth-order valence-corrected chi connectivity index (χ4v) is 4.10. The van der Waals surface area contributed by atoms with Crippen molar-refractivity contribution < 1.29 is 14.3 Å². The Morgan fingerprint density at radius 2 is 1.96 bits per heavy atom. The van der Waals surface area contributed by atoms with Gasteiger partial charge in [-0.25, -0.2) is 4.98 Å². The molecule has 1 N–H and O–H groups in total. The largest absolute Gasteiger partial charge is 0.371 e. The average Bonchev–Trinajstić information content (AvgIpc) is 3.09. The average molecular weight is 333 g/mol. The smallest absolute Gasteiger partial charge is 0.217 e. The van der Waals surface area contributed by atoms with Gasteiger partial charge in [-0.05, 0) is 12.1 Å². The molecule has 0 saturated carbocycles. The van der Waals surface area contributed by atoms with Crippen molar-refractivity contribution in [2.45, 2.75) is 25.2 Å². The van der Waals surface area contributed by atoms with Crippen molar-refractivity contribution >= 4 is 32.6 Å². The topological polar surface area (TPSA) is 63.7 Å². The molecule has 0 radical (unpaired) electrons. The zero-order chi connectivity index (χ0) is 15.8. The summed E-state index contributed by atoms with van der Waals surface area (Å²) in [6.07, 6.45) is 0.0570. The van der Waals surface area contributed by atoms with Gasteiger partial charge in [-0.2, -0.15) is 0 Å². The van der Waals surface area contributed by atoms with Crippen molar-refractivity contribution in [3.63, 3.8) is 0 Å². The SMILES string of the molecule is CC(=O)NC1CO[C@H]2CN(c3nc4ccccc4s3)C[C@@H]2OC1. The standard InChI is InChI=1S/C16H19N3O3S/c1-10(20)17-11-8-21-13-6-19(7-14(13)22-9-11)16-18-12-4-2-3-5-15(12)23-16/h2-5,11,13-14H,6-9H2,1H3,(H,17,20)/t13-,14-/m0/s1. The van der Waals surface area contributed by atoms with Gasteiger partial charge < -0.3 is 19.7 Å². The fraction of sp³-hybridized carbons (Fsp3) is 0.500. The van der Waals surface area contributed by atoms with Gasteiger partial charge in [-0.3, -0.25) is 4.79 Å². The van der Waals surface area contributed by atoms with Crippen LogP contribution in [0.25, 0.3) is 10.2 Å². The highest BCUT2D eigenvalue weighted by atomic mass is 32.1. The van der Waals surface area contributed by atoms with E-state index >= 15 is 0 Å². The lowest BCUT2D eigenvalue weighted by Gasteiger charge is -2.18. The minimum atomic E-state index is -0.0611. The number of nitrogens with zero attached hydrogens (tertiary/aromatic N) is 2. The Morgan fingerprint density at radius 1 is 1.26 bits per heavy atom. The number of thiazole rings is 1. The van der Waals surface area contributed by atoms with Crippen LogP contribution in [0.1, 0.15) is 6.92 Å². The number of hydrogen-bond acceptors (Lipinski definition) is 6. The molecule has 0 aliphatic carbocycles. The van der Waals surface area contributed by atoms with Gasteiger partial charge >= 0.3 is 0 Å². The van der Waals surface area contributed by atoms with E-state index in [0.717, 1.165) is 23.7 Å². The molecule has 6 nitrogen and oxygen atoms in total. The molecule has 1 aromatic heterocycles. The molecule has 2 atom stereocenters. The van der Waals surface area contributed by atoms with Crippen molar-refractivity contribution in [1.82, 2.24) is 10.3 Å². The van der Waals surface area contributed by atoms with Gasteiger partial charge in [0.1, 0.15) is 12.2 Å². The molecule has 2 aliphatic heterocycles. The fourth-order valence-electron chi connectivity index (χ4n) is 3.11. The van der Waals surface area contributed by atoms with Gasteiger partial charge in [0.2, 0.25) is 5.91 Å². The van der Waals surface area contributed by atoms with E-state index in [1.165, 1.54) is 11.6 Å². The number of carbonyl (C=O) groups excluding carboxylic acids is 1. The maximum atomic E-state index is 11.2. The number of benzene rings is 1. The summed E-state index contributed by atoms with van der Waals surface area (Å²) in [5.41, 5.74) is 1.03. The number of aromatic nitrogens is 1. The molecular formula is C16H19N3O3S. The zero-order valence-corrected chi connectivity index (χ0v) is 13.7. The lowest BCUT2D eigenvalue weighted by Crippen LogP contribution is -2.40. The number of hydrogen-bond donors (Lipinski definition) is 1. The first-order chi connectivity index (χ1) is 11.2. The van der Waals surface area contributed by atoms with Crippen molar-refractivity contribution in [3.8, 4) is 0 Å². The summed E-state index contributed by atoms with van der Waals surface area (Å²) in [7, 11) is 0. The molecular weight excluding hydrogens is 314 g/mol. The number of anilines is 1. The van der Waals surface area contributed by atoms with Crippen molar-refractivity contribution in [3.05, 3.63) is 24.3 Å². The predicted octanol–water partition coefficient (Wildman–Crippen LogP) is 1.40. The molecule has 0 unspecified atom stereocenters. The minimum absolute atomic E-state index is 0.0285. The molecule has 2 aliphatic rings. The molecule has 2 saturated heterocycles. The number of carbonyl (C=O) groups is 1. The van der Waals surface area contributed by atoms with Crippen LogP contribution in [0, 0.1) is 0 Å². The Bertz CT molecular complexity index is 670. The van der Waals surface area contributed by atoms with E-state index < -0.39 is 0 Å². The number of fused-ring (bicyclic) bond motifs is 2. The second-order valence-electron chi connectivity index (χ2n) is 6.01. The third kappa shape index (κ3) is 3.04. The van der Waals surface area contributed by atoms with Gasteiger partial charge in [-0.1, -0.05) is 23.5 Å². The van der Waals surface area contributed by atoms with Gasteiger partial charge in [-0.15, -0.1) is 0 Å². The van der Waals surface area contributed by atoms with Crippen LogP contribution in [0.4, 0.5) is 5.13 Å². The first kappa shape index (κ1) is 14.9. The van der Waals surface area contributed by atoms with Gasteiger partial charge in [0.15, 0.2) is 5.13 Å². The van der Waals surface area contributed by atoms with Crippen LogP contribution in [0.5, 0.6) is 0 Å². The van der Waals surface area contributed by atoms with E-state index in [9.17, 15) is 4.79 Å². The van der Waals surface area contributed by atoms with Crippen molar-refractivity contribution in [2.75, 3.05) is 31.2 Å². The minimum Gasteiger partial charge on any atom is -0.371 e. The molecule has 2 aromatic rings. The summed E-state index contributed by atoms with van der Waals surface area (Å²) in [4.78, 5) is 18.1. The van der Waals surface area contributed by atoms with Crippen LogP contribution in [0.3, 0.4) is 0 Å². The molecule has 1 amide bonds. The number of rotatable bonds is 2. The number of para-hydroxylation sites is 1. The van der Waals surface area contributed by atoms with Gasteiger partial charge in [0, 0.05) is 20.0 Å². The predicted molar refractivity (Wildman–Crippen MR) is 88.9 cm³/mol. The monoisotopic (exact) mass is 333 g/mol. The number of amides is 1. The van der Waals surface area contributed by atoms with Crippen LogP contribution in [-0.4, -0.2) is 55.4 Å². The Balaban J connectivity index is 1.45. The van der Waals surface area contributed by atoms with E-state index in [0.29, 0.717) is 13.2 Å².